The molecule has 0 aliphatic carbocycles. The highest BCUT2D eigenvalue weighted by Gasteiger charge is 2.04. The third-order valence-electron chi connectivity index (χ3n) is 2.07. The van der Waals surface area contributed by atoms with E-state index >= 15 is 0 Å². The van der Waals surface area contributed by atoms with Gasteiger partial charge in [0.15, 0.2) is 0 Å². The van der Waals surface area contributed by atoms with E-state index in [-0.39, 0.29) is 0 Å². The third-order valence-corrected chi connectivity index (χ3v) is 2.50. The number of anilines is 1. The van der Waals surface area contributed by atoms with Crippen molar-refractivity contribution in [3.8, 4) is 11.6 Å². The topological polar surface area (TPSA) is 59.9 Å². The molecule has 5 nitrogen and oxygen atoms in total. The number of nitrogens with zero attached hydrogens (tertiary/aromatic N) is 3. The quantitative estimate of drug-likeness (QED) is 0.940. The summed E-state index contributed by atoms with van der Waals surface area (Å²) >= 11 is 3.34. The molecule has 0 saturated heterocycles. The van der Waals surface area contributed by atoms with Gasteiger partial charge in [-0.25, -0.2) is 4.98 Å². The van der Waals surface area contributed by atoms with E-state index in [2.05, 4.69) is 36.2 Å². The number of nitrogens with one attached hydrogen (secondary N) is 1. The molecule has 0 radical (unpaired) electrons. The monoisotopic (exact) mass is 308 g/mol. The van der Waals surface area contributed by atoms with Crippen LogP contribution in [0.5, 0.6) is 11.6 Å². The third kappa shape index (κ3) is 3.40. The van der Waals surface area contributed by atoms with Crippen molar-refractivity contribution in [1.29, 1.82) is 0 Å². The zero-order valence-electron chi connectivity index (χ0n) is 10.1. The van der Waals surface area contributed by atoms with Crippen LogP contribution in [0.4, 0.5) is 5.95 Å². The first kappa shape index (κ1) is 12.8. The zero-order valence-corrected chi connectivity index (χ0v) is 11.7. The van der Waals surface area contributed by atoms with E-state index in [0.29, 0.717) is 17.6 Å². The minimum absolute atomic E-state index is 0.498. The van der Waals surface area contributed by atoms with Gasteiger partial charge in [-0.05, 0) is 35.8 Å². The number of halogens is 1. The van der Waals surface area contributed by atoms with Crippen LogP contribution in [0, 0.1) is 6.92 Å². The Hall–Kier alpha value is -1.69. The number of hydrogen-bond donors (Lipinski definition) is 1. The van der Waals surface area contributed by atoms with Gasteiger partial charge in [0.25, 0.3) is 0 Å². The molecule has 1 N–H and O–H groups in total. The van der Waals surface area contributed by atoms with E-state index < -0.39 is 0 Å². The fourth-order valence-electron chi connectivity index (χ4n) is 1.40. The lowest BCUT2D eigenvalue weighted by atomic mass is 10.4. The van der Waals surface area contributed by atoms with E-state index in [0.717, 1.165) is 16.7 Å². The van der Waals surface area contributed by atoms with Gasteiger partial charge in [-0.2, -0.15) is 4.98 Å². The second-order valence-corrected chi connectivity index (χ2v) is 4.56. The zero-order chi connectivity index (χ0) is 13.0. The van der Waals surface area contributed by atoms with Crippen LogP contribution in [0.3, 0.4) is 0 Å². The van der Waals surface area contributed by atoms with Gasteiger partial charge < -0.3 is 10.1 Å². The highest BCUT2D eigenvalue weighted by Crippen LogP contribution is 2.22. The van der Waals surface area contributed by atoms with Gasteiger partial charge in [-0.3, -0.25) is 4.98 Å². The van der Waals surface area contributed by atoms with Crippen LogP contribution in [-0.4, -0.2) is 21.5 Å². The molecule has 0 unspecified atom stereocenters. The van der Waals surface area contributed by atoms with Crippen molar-refractivity contribution in [3.05, 3.63) is 34.7 Å². The van der Waals surface area contributed by atoms with E-state index in [4.69, 9.17) is 4.74 Å². The lowest BCUT2D eigenvalue weighted by Crippen LogP contribution is -2.04. The Balaban J connectivity index is 2.23. The average Bonchev–Trinajstić information content (AvgIpc) is 2.28. The first-order valence-electron chi connectivity index (χ1n) is 5.55. The number of hydrogen-bond acceptors (Lipinski definition) is 5. The second-order valence-electron chi connectivity index (χ2n) is 3.64. The number of aromatic nitrogens is 3. The molecular formula is C12H13BrN4O. The van der Waals surface area contributed by atoms with Crippen LogP contribution >= 0.6 is 15.9 Å². The minimum atomic E-state index is 0.498. The summed E-state index contributed by atoms with van der Waals surface area (Å²) in [5.74, 6) is 1.69. The maximum atomic E-state index is 5.64. The minimum Gasteiger partial charge on any atom is -0.437 e. The van der Waals surface area contributed by atoms with Gasteiger partial charge >= 0.3 is 0 Å². The summed E-state index contributed by atoms with van der Waals surface area (Å²) in [6.07, 6.45) is 3.33. The molecule has 2 aromatic heterocycles. The molecule has 2 rings (SSSR count). The number of aryl methyl sites for hydroxylation is 1. The van der Waals surface area contributed by atoms with Crippen LogP contribution < -0.4 is 10.1 Å². The molecule has 18 heavy (non-hydrogen) atoms. The molecule has 0 aliphatic rings. The summed E-state index contributed by atoms with van der Waals surface area (Å²) in [5.41, 5.74) is 0.846. The number of pyridine rings is 1. The predicted molar refractivity (Wildman–Crippen MR) is 72.9 cm³/mol. The Labute approximate surface area is 114 Å². The molecular weight excluding hydrogens is 296 g/mol. The van der Waals surface area contributed by atoms with Gasteiger partial charge in [0, 0.05) is 29.0 Å². The molecule has 0 amide bonds. The van der Waals surface area contributed by atoms with Crippen molar-refractivity contribution in [2.45, 2.75) is 13.8 Å². The molecule has 0 spiro atoms. The van der Waals surface area contributed by atoms with Crippen molar-refractivity contribution >= 4 is 21.9 Å². The maximum absolute atomic E-state index is 5.64. The highest BCUT2D eigenvalue weighted by atomic mass is 79.9. The normalized spacial score (nSPS) is 10.2. The average molecular weight is 309 g/mol. The van der Waals surface area contributed by atoms with Gasteiger partial charge in [0.2, 0.25) is 11.8 Å². The summed E-state index contributed by atoms with van der Waals surface area (Å²) in [7, 11) is 0. The van der Waals surface area contributed by atoms with Crippen LogP contribution in [0.15, 0.2) is 29.0 Å². The molecule has 0 aromatic carbocycles. The molecule has 6 heteroatoms. The van der Waals surface area contributed by atoms with E-state index in [9.17, 15) is 0 Å². The van der Waals surface area contributed by atoms with Crippen LogP contribution in [0.1, 0.15) is 12.6 Å². The SMILES string of the molecule is CCNc1nc(C)cc(Oc2cncc(Br)c2)n1. The van der Waals surface area contributed by atoms with Gasteiger partial charge in [-0.1, -0.05) is 0 Å². The molecule has 2 heterocycles. The second kappa shape index (κ2) is 5.77. The van der Waals surface area contributed by atoms with Gasteiger partial charge in [0.1, 0.15) is 5.75 Å². The fraction of sp³-hybridized carbons (Fsp3) is 0.250. The Bertz CT molecular complexity index is 547. The standard InChI is InChI=1S/C12H13BrN4O/c1-3-15-12-16-8(2)4-11(17-12)18-10-5-9(13)6-14-7-10/h4-7H,3H2,1-2H3,(H,15,16,17). The van der Waals surface area contributed by atoms with Crippen LogP contribution in [0.25, 0.3) is 0 Å². The molecule has 0 fully saturated rings. The lowest BCUT2D eigenvalue weighted by Gasteiger charge is -2.08. The Morgan fingerprint density at radius 2 is 2.11 bits per heavy atom. The maximum Gasteiger partial charge on any atom is 0.226 e. The fourth-order valence-corrected chi connectivity index (χ4v) is 1.74. The van der Waals surface area contributed by atoms with Crippen LogP contribution in [-0.2, 0) is 0 Å². The highest BCUT2D eigenvalue weighted by molar-refractivity contribution is 9.10. The first-order valence-corrected chi connectivity index (χ1v) is 6.34. The largest absolute Gasteiger partial charge is 0.437 e. The summed E-state index contributed by atoms with van der Waals surface area (Å²) < 4.78 is 6.50. The summed E-state index contributed by atoms with van der Waals surface area (Å²) in [6.45, 7) is 4.65. The Morgan fingerprint density at radius 1 is 1.28 bits per heavy atom. The lowest BCUT2D eigenvalue weighted by molar-refractivity contribution is 0.459. The molecule has 94 valence electrons. The van der Waals surface area contributed by atoms with Crippen molar-refractivity contribution in [2.75, 3.05) is 11.9 Å². The number of ether oxygens (including phenoxy) is 1. The smallest absolute Gasteiger partial charge is 0.226 e. The van der Waals surface area contributed by atoms with Crippen molar-refractivity contribution < 1.29 is 4.74 Å². The van der Waals surface area contributed by atoms with Crippen molar-refractivity contribution in [3.63, 3.8) is 0 Å². The Morgan fingerprint density at radius 3 is 2.83 bits per heavy atom. The van der Waals surface area contributed by atoms with Crippen LogP contribution in [0.2, 0.25) is 0 Å². The van der Waals surface area contributed by atoms with Crippen molar-refractivity contribution in [2.24, 2.45) is 0 Å². The van der Waals surface area contributed by atoms with E-state index in [1.807, 2.05) is 19.9 Å². The number of rotatable bonds is 4. The molecule has 2 aromatic rings. The molecule has 0 aliphatic heterocycles. The van der Waals surface area contributed by atoms with Gasteiger partial charge in [0.05, 0.1) is 6.20 Å². The molecule has 0 atom stereocenters. The molecule has 0 bridgehead atoms. The van der Waals surface area contributed by atoms with Crippen molar-refractivity contribution in [1.82, 2.24) is 15.0 Å². The summed E-state index contributed by atoms with van der Waals surface area (Å²) in [4.78, 5) is 12.5. The van der Waals surface area contributed by atoms with E-state index in [1.165, 1.54) is 0 Å². The Kier molecular flexibility index (Phi) is 4.09. The van der Waals surface area contributed by atoms with E-state index in [1.54, 1.807) is 18.5 Å². The van der Waals surface area contributed by atoms with Gasteiger partial charge in [-0.15, -0.1) is 0 Å². The summed E-state index contributed by atoms with van der Waals surface area (Å²) in [6, 6.07) is 3.61. The molecule has 0 saturated carbocycles. The summed E-state index contributed by atoms with van der Waals surface area (Å²) in [5, 5.41) is 3.06. The predicted octanol–water partition coefficient (Wildman–Crippen LogP) is 3.17. The first-order chi connectivity index (χ1) is 8.67.